The number of hydrogen-bond acceptors (Lipinski definition) is 9. The number of morpholine rings is 1. The number of ether oxygens (including phenoxy) is 3. The largest absolute Gasteiger partial charge is 0.488 e. The second kappa shape index (κ2) is 9.54. The number of aromatic nitrogens is 4. The second-order valence-electron chi connectivity index (χ2n) is 9.85. The van der Waals surface area contributed by atoms with E-state index in [0.29, 0.717) is 24.9 Å². The molecule has 2 unspecified atom stereocenters. The van der Waals surface area contributed by atoms with Crippen molar-refractivity contribution in [2.75, 3.05) is 30.4 Å². The number of hydrogen-bond donors (Lipinski definition) is 1. The predicted octanol–water partition coefficient (Wildman–Crippen LogP) is 3.65. The van der Waals surface area contributed by atoms with E-state index in [9.17, 15) is 0 Å². The number of methoxy groups -OCH3 is 1. The van der Waals surface area contributed by atoms with Gasteiger partial charge in [-0.05, 0) is 38.7 Å². The maximum atomic E-state index is 6.58. The van der Waals surface area contributed by atoms with Crippen LogP contribution in [-0.2, 0) is 16.1 Å². The van der Waals surface area contributed by atoms with E-state index in [-0.39, 0.29) is 6.10 Å². The first-order valence-electron chi connectivity index (χ1n) is 12.5. The van der Waals surface area contributed by atoms with Crippen LogP contribution in [-0.4, -0.2) is 64.5 Å². The minimum absolute atomic E-state index is 0.155. The van der Waals surface area contributed by atoms with Gasteiger partial charge in [0.15, 0.2) is 0 Å². The summed E-state index contributed by atoms with van der Waals surface area (Å²) in [6.45, 7) is 4.25. The molecule has 2 aromatic heterocycles. The molecule has 3 saturated heterocycles. The Morgan fingerprint density at radius 2 is 1.80 bits per heavy atom. The van der Waals surface area contributed by atoms with Gasteiger partial charge in [0, 0.05) is 62.9 Å². The number of nitrogens with zero attached hydrogens (tertiary/aromatic N) is 5. The first-order valence-corrected chi connectivity index (χ1v) is 12.5. The van der Waals surface area contributed by atoms with Gasteiger partial charge in [-0.1, -0.05) is 0 Å². The number of anilines is 2. The van der Waals surface area contributed by atoms with E-state index in [4.69, 9.17) is 14.2 Å². The highest BCUT2D eigenvalue weighted by Crippen LogP contribution is 2.36. The lowest BCUT2D eigenvalue weighted by atomic mass is 9.93. The van der Waals surface area contributed by atoms with Crippen LogP contribution in [0.15, 0.2) is 30.6 Å². The van der Waals surface area contributed by atoms with Crippen LogP contribution >= 0.6 is 0 Å². The molecule has 4 fully saturated rings. The van der Waals surface area contributed by atoms with Gasteiger partial charge in [0.2, 0.25) is 0 Å². The summed E-state index contributed by atoms with van der Waals surface area (Å²) in [5.74, 6) is 2.45. The Balaban J connectivity index is 1.13. The number of aryl methyl sites for hydroxylation is 1. The lowest BCUT2D eigenvalue weighted by Crippen LogP contribution is -2.57. The third kappa shape index (κ3) is 4.88. The molecule has 1 saturated carbocycles. The van der Waals surface area contributed by atoms with Crippen molar-refractivity contribution in [2.45, 2.75) is 70.0 Å². The summed E-state index contributed by atoms with van der Waals surface area (Å²) in [5.41, 5.74) is 3.75. The van der Waals surface area contributed by atoms with Crippen molar-refractivity contribution in [3.63, 3.8) is 0 Å². The monoisotopic (exact) mass is 476 g/mol. The van der Waals surface area contributed by atoms with Crippen LogP contribution < -0.4 is 15.0 Å². The molecule has 1 N–H and O–H groups in total. The molecule has 0 amide bonds. The quantitative estimate of drug-likeness (QED) is 0.548. The zero-order chi connectivity index (χ0) is 23.8. The van der Waals surface area contributed by atoms with Crippen molar-refractivity contribution in [1.29, 1.82) is 0 Å². The van der Waals surface area contributed by atoms with Gasteiger partial charge in [-0.3, -0.25) is 4.98 Å². The molecule has 0 radical (unpaired) electrons. The van der Waals surface area contributed by atoms with Gasteiger partial charge >= 0.3 is 0 Å². The Labute approximate surface area is 205 Å². The van der Waals surface area contributed by atoms with E-state index in [1.807, 2.05) is 13.0 Å². The molecule has 3 aliphatic heterocycles. The minimum atomic E-state index is 0.155. The van der Waals surface area contributed by atoms with E-state index in [0.717, 1.165) is 78.6 Å². The van der Waals surface area contributed by atoms with Gasteiger partial charge in [0.1, 0.15) is 22.9 Å². The van der Waals surface area contributed by atoms with Crippen molar-refractivity contribution in [3.8, 4) is 5.75 Å². The van der Waals surface area contributed by atoms with Crippen molar-refractivity contribution in [3.05, 3.63) is 42.1 Å². The van der Waals surface area contributed by atoms with Gasteiger partial charge in [-0.2, -0.15) is 0 Å². The molecule has 4 aliphatic rings. The number of rotatable bonds is 7. The van der Waals surface area contributed by atoms with Crippen LogP contribution in [0.1, 0.15) is 43.6 Å². The van der Waals surface area contributed by atoms with Crippen LogP contribution in [0.2, 0.25) is 0 Å². The zero-order valence-corrected chi connectivity index (χ0v) is 20.3. The summed E-state index contributed by atoms with van der Waals surface area (Å²) >= 11 is 0. The Morgan fingerprint density at radius 3 is 2.57 bits per heavy atom. The average Bonchev–Trinajstić information content (AvgIpc) is 2.85. The first-order chi connectivity index (χ1) is 17.1. The SMILES string of the molecule is COCc1cc(N[C@H]2CC[C@@H](Oc3cc(N4CC5CC(C4)O5)cc4nccnc34)CC2)nc(C)n1. The molecular weight excluding hydrogens is 444 g/mol. The maximum absolute atomic E-state index is 6.58. The minimum Gasteiger partial charge on any atom is -0.488 e. The molecule has 7 rings (SSSR count). The van der Waals surface area contributed by atoms with Crippen LogP contribution in [0.3, 0.4) is 0 Å². The Bertz CT molecular complexity index is 1180. The normalized spacial score (nSPS) is 25.8. The first kappa shape index (κ1) is 22.4. The van der Waals surface area contributed by atoms with Crippen LogP contribution in [0.25, 0.3) is 11.0 Å². The maximum Gasteiger partial charge on any atom is 0.149 e. The van der Waals surface area contributed by atoms with Crippen molar-refractivity contribution >= 4 is 22.5 Å². The van der Waals surface area contributed by atoms with E-state index in [1.165, 1.54) is 6.42 Å². The van der Waals surface area contributed by atoms with Crippen LogP contribution in [0.4, 0.5) is 11.5 Å². The molecule has 2 atom stereocenters. The molecule has 1 aliphatic carbocycles. The molecule has 0 spiro atoms. The number of piperidine rings is 1. The van der Waals surface area contributed by atoms with Gasteiger partial charge in [0.05, 0.1) is 36.1 Å². The third-order valence-electron chi connectivity index (χ3n) is 7.15. The summed E-state index contributed by atoms with van der Waals surface area (Å²) < 4.78 is 17.6. The van der Waals surface area contributed by atoms with Crippen molar-refractivity contribution < 1.29 is 14.2 Å². The lowest BCUT2D eigenvalue weighted by Gasteiger charge is -2.48. The molecule has 1 aromatic carbocycles. The van der Waals surface area contributed by atoms with Gasteiger partial charge in [-0.25, -0.2) is 15.0 Å². The molecule has 9 heteroatoms. The van der Waals surface area contributed by atoms with Crippen molar-refractivity contribution in [2.24, 2.45) is 0 Å². The highest BCUT2D eigenvalue weighted by atomic mass is 16.5. The summed E-state index contributed by atoms with van der Waals surface area (Å²) in [4.78, 5) is 20.5. The standard InChI is InChI=1S/C26H32N6O3/c1-16-29-18(15-33-2)9-25(30-16)31-17-3-5-20(6-4-17)35-24-11-19(10-23-26(24)28-8-7-27-23)32-13-21-12-22(14-32)34-21/h7-11,17,20-22H,3-6,12-15H2,1-2H3,(H,29,30,31)/t17-,20+,21?,22?. The Morgan fingerprint density at radius 1 is 1.03 bits per heavy atom. The van der Waals surface area contributed by atoms with Gasteiger partial charge in [-0.15, -0.1) is 0 Å². The summed E-state index contributed by atoms with van der Waals surface area (Å²) in [7, 11) is 1.68. The Kier molecular flexibility index (Phi) is 6.12. The smallest absolute Gasteiger partial charge is 0.149 e. The molecule has 184 valence electrons. The molecule has 35 heavy (non-hydrogen) atoms. The molecule has 2 bridgehead atoms. The molecular formula is C26H32N6O3. The third-order valence-corrected chi connectivity index (χ3v) is 7.15. The summed E-state index contributed by atoms with van der Waals surface area (Å²) in [6.07, 6.45) is 9.49. The average molecular weight is 477 g/mol. The highest BCUT2D eigenvalue weighted by Gasteiger charge is 2.38. The van der Waals surface area contributed by atoms with E-state index in [1.54, 1.807) is 19.5 Å². The molecule has 3 aromatic rings. The van der Waals surface area contributed by atoms with Crippen LogP contribution in [0, 0.1) is 6.92 Å². The van der Waals surface area contributed by atoms with Gasteiger partial charge in [0.25, 0.3) is 0 Å². The number of nitrogens with one attached hydrogen (secondary N) is 1. The Hall–Kier alpha value is -3.04. The van der Waals surface area contributed by atoms with E-state index in [2.05, 4.69) is 42.3 Å². The van der Waals surface area contributed by atoms with E-state index < -0.39 is 0 Å². The second-order valence-corrected chi connectivity index (χ2v) is 9.85. The van der Waals surface area contributed by atoms with Crippen molar-refractivity contribution in [1.82, 2.24) is 19.9 Å². The fourth-order valence-electron chi connectivity index (χ4n) is 5.51. The number of benzene rings is 1. The number of fused-ring (bicyclic) bond motifs is 3. The topological polar surface area (TPSA) is 94.5 Å². The zero-order valence-electron chi connectivity index (χ0n) is 20.3. The fourth-order valence-corrected chi connectivity index (χ4v) is 5.51. The highest BCUT2D eigenvalue weighted by molar-refractivity contribution is 5.85. The summed E-state index contributed by atoms with van der Waals surface area (Å²) in [6, 6.07) is 6.61. The lowest BCUT2D eigenvalue weighted by molar-refractivity contribution is -0.133. The van der Waals surface area contributed by atoms with Crippen LogP contribution in [0.5, 0.6) is 5.75 Å². The molecule has 9 nitrogen and oxygen atoms in total. The predicted molar refractivity (Wildman–Crippen MR) is 133 cm³/mol. The van der Waals surface area contributed by atoms with Gasteiger partial charge < -0.3 is 24.4 Å². The fraction of sp³-hybridized carbons (Fsp3) is 0.538. The molecule has 5 heterocycles. The van der Waals surface area contributed by atoms with E-state index >= 15 is 0 Å². The summed E-state index contributed by atoms with van der Waals surface area (Å²) in [5, 5.41) is 3.59.